The molecule has 0 aromatic rings. The van der Waals surface area contributed by atoms with Crippen molar-refractivity contribution in [3.8, 4) is 0 Å². The third-order valence-electron chi connectivity index (χ3n) is 4.82. The molecule has 4 N–H and O–H groups in total. The highest BCUT2D eigenvalue weighted by molar-refractivity contribution is 5.06. The molecule has 0 spiro atoms. The highest BCUT2D eigenvalue weighted by atomic mass is 16.3. The topological polar surface area (TPSA) is 58.3 Å². The molecule has 0 bridgehead atoms. The first-order chi connectivity index (χ1) is 7.15. The number of piperidine rings is 1. The number of aliphatic hydroxyl groups is 1. The zero-order valence-corrected chi connectivity index (χ0v) is 9.76. The molecule has 2 atom stereocenters. The fourth-order valence-electron chi connectivity index (χ4n) is 3.67. The van der Waals surface area contributed by atoms with E-state index in [2.05, 4.69) is 12.2 Å². The van der Waals surface area contributed by atoms with Gasteiger partial charge in [0.15, 0.2) is 0 Å². The van der Waals surface area contributed by atoms with E-state index in [-0.39, 0.29) is 5.41 Å². The van der Waals surface area contributed by atoms with Gasteiger partial charge in [0.1, 0.15) is 0 Å². The van der Waals surface area contributed by atoms with E-state index in [1.807, 2.05) is 0 Å². The van der Waals surface area contributed by atoms with Crippen LogP contribution in [0.4, 0.5) is 0 Å². The average Bonchev–Trinajstić information content (AvgIpc) is 2.72. The van der Waals surface area contributed by atoms with E-state index in [9.17, 15) is 5.11 Å². The Labute approximate surface area is 92.4 Å². The summed E-state index contributed by atoms with van der Waals surface area (Å²) >= 11 is 0. The lowest BCUT2D eigenvalue weighted by Gasteiger charge is -2.51. The molecule has 88 valence electrons. The Morgan fingerprint density at radius 3 is 2.53 bits per heavy atom. The highest BCUT2D eigenvalue weighted by Gasteiger charge is 2.53. The first kappa shape index (κ1) is 11.4. The fraction of sp³-hybridized carbons (Fsp3) is 1.00. The number of nitrogens with two attached hydrogens (primary N) is 1. The second kappa shape index (κ2) is 4.04. The first-order valence-electron chi connectivity index (χ1n) is 6.28. The van der Waals surface area contributed by atoms with Gasteiger partial charge in [0, 0.05) is 18.5 Å². The SMILES string of the molecule is CC1CNCCC1(O)C1(CN)CCCC1. The van der Waals surface area contributed by atoms with Gasteiger partial charge in [0.05, 0.1) is 5.60 Å². The van der Waals surface area contributed by atoms with Crippen LogP contribution >= 0.6 is 0 Å². The van der Waals surface area contributed by atoms with Crippen LogP contribution in [0.1, 0.15) is 39.0 Å². The molecule has 15 heavy (non-hydrogen) atoms. The molecule has 0 amide bonds. The largest absolute Gasteiger partial charge is 0.389 e. The van der Waals surface area contributed by atoms with Gasteiger partial charge >= 0.3 is 0 Å². The Hall–Kier alpha value is -0.120. The van der Waals surface area contributed by atoms with Gasteiger partial charge in [0.25, 0.3) is 0 Å². The van der Waals surface area contributed by atoms with Crippen molar-refractivity contribution < 1.29 is 5.11 Å². The van der Waals surface area contributed by atoms with Gasteiger partial charge in [-0.25, -0.2) is 0 Å². The van der Waals surface area contributed by atoms with Crippen LogP contribution in [-0.2, 0) is 0 Å². The van der Waals surface area contributed by atoms with Gasteiger partial charge < -0.3 is 16.2 Å². The molecule has 1 saturated heterocycles. The van der Waals surface area contributed by atoms with E-state index in [1.165, 1.54) is 12.8 Å². The van der Waals surface area contributed by atoms with Crippen LogP contribution in [0.3, 0.4) is 0 Å². The minimum atomic E-state index is -0.524. The molecule has 0 aromatic heterocycles. The first-order valence-corrected chi connectivity index (χ1v) is 6.28. The summed E-state index contributed by atoms with van der Waals surface area (Å²) in [5.74, 6) is 0.327. The minimum Gasteiger partial charge on any atom is -0.389 e. The smallest absolute Gasteiger partial charge is 0.0765 e. The summed E-state index contributed by atoms with van der Waals surface area (Å²) in [4.78, 5) is 0. The van der Waals surface area contributed by atoms with Crippen molar-refractivity contribution in [3.05, 3.63) is 0 Å². The number of nitrogens with one attached hydrogen (secondary N) is 1. The molecule has 2 unspecified atom stereocenters. The monoisotopic (exact) mass is 212 g/mol. The average molecular weight is 212 g/mol. The molecular weight excluding hydrogens is 188 g/mol. The summed E-state index contributed by atoms with van der Waals surface area (Å²) in [5, 5.41) is 14.3. The maximum atomic E-state index is 11.0. The van der Waals surface area contributed by atoms with E-state index >= 15 is 0 Å². The fourth-order valence-corrected chi connectivity index (χ4v) is 3.67. The van der Waals surface area contributed by atoms with Crippen LogP contribution in [0.15, 0.2) is 0 Å². The molecule has 1 aliphatic carbocycles. The lowest BCUT2D eigenvalue weighted by molar-refractivity contribution is -0.132. The lowest BCUT2D eigenvalue weighted by atomic mass is 9.62. The Balaban J connectivity index is 2.24. The summed E-state index contributed by atoms with van der Waals surface area (Å²) in [7, 11) is 0. The number of hydrogen-bond acceptors (Lipinski definition) is 3. The van der Waals surface area contributed by atoms with Crippen LogP contribution in [0.2, 0.25) is 0 Å². The van der Waals surface area contributed by atoms with Crippen LogP contribution in [0.5, 0.6) is 0 Å². The van der Waals surface area contributed by atoms with Crippen molar-refractivity contribution in [2.45, 2.75) is 44.6 Å². The van der Waals surface area contributed by atoms with Gasteiger partial charge in [-0.2, -0.15) is 0 Å². The maximum absolute atomic E-state index is 11.0. The summed E-state index contributed by atoms with van der Waals surface area (Å²) in [6, 6.07) is 0. The zero-order chi connectivity index (χ0) is 10.9. The second-order valence-electron chi connectivity index (χ2n) is 5.47. The molecule has 3 nitrogen and oxygen atoms in total. The van der Waals surface area contributed by atoms with Crippen molar-refractivity contribution in [1.29, 1.82) is 0 Å². The summed E-state index contributed by atoms with van der Waals surface area (Å²) in [6.07, 6.45) is 5.57. The second-order valence-corrected chi connectivity index (χ2v) is 5.47. The van der Waals surface area contributed by atoms with E-state index in [4.69, 9.17) is 5.73 Å². The van der Waals surface area contributed by atoms with Crippen molar-refractivity contribution in [2.24, 2.45) is 17.1 Å². The molecular formula is C12H24N2O. The van der Waals surface area contributed by atoms with Gasteiger partial charge in [-0.1, -0.05) is 19.8 Å². The number of rotatable bonds is 2. The van der Waals surface area contributed by atoms with Crippen LogP contribution in [0.25, 0.3) is 0 Å². The van der Waals surface area contributed by atoms with Crippen molar-refractivity contribution in [1.82, 2.24) is 5.32 Å². The van der Waals surface area contributed by atoms with Gasteiger partial charge in [-0.3, -0.25) is 0 Å². The quantitative estimate of drug-likeness (QED) is 0.636. The third-order valence-corrected chi connectivity index (χ3v) is 4.82. The van der Waals surface area contributed by atoms with Crippen LogP contribution < -0.4 is 11.1 Å². The van der Waals surface area contributed by atoms with E-state index < -0.39 is 5.60 Å². The molecule has 1 heterocycles. The Kier molecular flexibility index (Phi) is 3.06. The lowest BCUT2D eigenvalue weighted by Crippen LogP contribution is -2.60. The molecule has 2 rings (SSSR count). The molecule has 3 heteroatoms. The van der Waals surface area contributed by atoms with Crippen molar-refractivity contribution >= 4 is 0 Å². The third kappa shape index (κ3) is 1.61. The van der Waals surface area contributed by atoms with Crippen LogP contribution in [0, 0.1) is 11.3 Å². The van der Waals surface area contributed by atoms with Crippen molar-refractivity contribution in [3.63, 3.8) is 0 Å². The number of hydrogen-bond donors (Lipinski definition) is 3. The van der Waals surface area contributed by atoms with Gasteiger partial charge in [-0.15, -0.1) is 0 Å². The van der Waals surface area contributed by atoms with Gasteiger partial charge in [0.2, 0.25) is 0 Å². The summed E-state index contributed by atoms with van der Waals surface area (Å²) in [5.41, 5.74) is 5.45. The van der Waals surface area contributed by atoms with E-state index in [1.54, 1.807) is 0 Å². The highest BCUT2D eigenvalue weighted by Crippen LogP contribution is 2.51. The Morgan fingerprint density at radius 2 is 2.00 bits per heavy atom. The molecule has 0 radical (unpaired) electrons. The zero-order valence-electron chi connectivity index (χ0n) is 9.76. The Morgan fingerprint density at radius 1 is 1.33 bits per heavy atom. The molecule has 1 aliphatic heterocycles. The summed E-state index contributed by atoms with van der Waals surface area (Å²) < 4.78 is 0. The van der Waals surface area contributed by atoms with Crippen molar-refractivity contribution in [2.75, 3.05) is 19.6 Å². The Bertz CT molecular complexity index is 226. The molecule has 2 aliphatic rings. The molecule has 1 saturated carbocycles. The van der Waals surface area contributed by atoms with E-state index in [0.29, 0.717) is 12.5 Å². The van der Waals surface area contributed by atoms with Gasteiger partial charge in [-0.05, 0) is 31.7 Å². The molecule has 2 fully saturated rings. The molecule has 0 aromatic carbocycles. The standard InChI is InChI=1S/C12H24N2O/c1-10-8-14-7-6-12(10,15)11(9-13)4-2-3-5-11/h10,14-15H,2-9,13H2,1H3. The summed E-state index contributed by atoms with van der Waals surface area (Å²) in [6.45, 7) is 4.66. The minimum absolute atomic E-state index is 0.00845. The maximum Gasteiger partial charge on any atom is 0.0765 e. The normalized spacial score (nSPS) is 40.6. The van der Waals surface area contributed by atoms with E-state index in [0.717, 1.165) is 32.4 Å². The predicted octanol–water partition coefficient (Wildman–Crippen LogP) is 0.866. The van der Waals surface area contributed by atoms with Crippen LogP contribution in [-0.4, -0.2) is 30.3 Å². The predicted molar refractivity (Wildman–Crippen MR) is 61.6 cm³/mol.